The Morgan fingerprint density at radius 3 is 2.43 bits per heavy atom. The van der Waals surface area contributed by atoms with Gasteiger partial charge >= 0.3 is 5.97 Å². The zero-order valence-corrected chi connectivity index (χ0v) is 12.3. The number of carbonyl (C=O) groups excluding carboxylic acids is 2. The number of rotatable bonds is 8. The highest BCUT2D eigenvalue weighted by Gasteiger charge is 2.20. The molecule has 1 N–H and O–H groups in total. The first-order chi connectivity index (χ1) is 10.1. The van der Waals surface area contributed by atoms with E-state index >= 15 is 0 Å². The molecule has 1 aromatic rings. The molecule has 0 aliphatic rings. The Morgan fingerprint density at radius 2 is 1.90 bits per heavy atom. The van der Waals surface area contributed by atoms with Crippen LogP contribution in [0.5, 0.6) is 0 Å². The number of nitroso groups, excluding NO2 is 1. The summed E-state index contributed by atoms with van der Waals surface area (Å²) >= 11 is 0. The van der Waals surface area contributed by atoms with E-state index in [2.05, 4.69) is 10.5 Å². The lowest BCUT2D eigenvalue weighted by atomic mass is 9.94. The first-order valence-electron chi connectivity index (χ1n) is 6.97. The second kappa shape index (κ2) is 8.84. The van der Waals surface area contributed by atoms with Crippen LogP contribution in [-0.2, 0) is 14.3 Å². The molecule has 1 amide bonds. The van der Waals surface area contributed by atoms with Crippen LogP contribution in [0.2, 0.25) is 0 Å². The van der Waals surface area contributed by atoms with Crippen LogP contribution in [0.3, 0.4) is 0 Å². The number of hydrogen-bond acceptors (Lipinski definition) is 5. The fourth-order valence-electron chi connectivity index (χ4n) is 2.01. The molecule has 1 unspecified atom stereocenters. The van der Waals surface area contributed by atoms with Crippen molar-refractivity contribution in [3.05, 3.63) is 34.7 Å². The molecule has 6 heteroatoms. The van der Waals surface area contributed by atoms with Gasteiger partial charge in [0.05, 0.1) is 12.5 Å². The predicted molar refractivity (Wildman–Crippen MR) is 80.0 cm³/mol. The zero-order chi connectivity index (χ0) is 15.7. The molecule has 0 radical (unpaired) electrons. The van der Waals surface area contributed by atoms with Crippen molar-refractivity contribution in [2.24, 2.45) is 5.18 Å². The van der Waals surface area contributed by atoms with Gasteiger partial charge in [0.2, 0.25) is 5.91 Å². The lowest BCUT2D eigenvalue weighted by Crippen LogP contribution is -2.17. The van der Waals surface area contributed by atoms with Gasteiger partial charge in [-0.25, -0.2) is 0 Å². The minimum atomic E-state index is -0.465. The molecule has 0 spiro atoms. The molecule has 1 aromatic carbocycles. The van der Waals surface area contributed by atoms with Crippen molar-refractivity contribution in [1.29, 1.82) is 0 Å². The van der Waals surface area contributed by atoms with E-state index in [1.807, 2.05) is 6.92 Å². The van der Waals surface area contributed by atoms with Crippen molar-refractivity contribution in [3.63, 3.8) is 0 Å². The second-order valence-corrected chi connectivity index (χ2v) is 4.55. The van der Waals surface area contributed by atoms with E-state index in [0.717, 1.165) is 12.0 Å². The molecule has 0 aromatic heterocycles. The Morgan fingerprint density at radius 1 is 1.24 bits per heavy atom. The third kappa shape index (κ3) is 5.33. The summed E-state index contributed by atoms with van der Waals surface area (Å²) in [6.07, 6.45) is 1.58. The Hall–Kier alpha value is -2.24. The quantitative estimate of drug-likeness (QED) is 0.589. The summed E-state index contributed by atoms with van der Waals surface area (Å²) in [5.41, 5.74) is 1.41. The summed E-state index contributed by atoms with van der Waals surface area (Å²) in [6, 6.07) is 6.95. The molecule has 0 fully saturated rings. The van der Waals surface area contributed by atoms with Crippen LogP contribution in [0.1, 0.15) is 38.2 Å². The summed E-state index contributed by atoms with van der Waals surface area (Å²) in [5, 5.41) is 5.07. The van der Waals surface area contributed by atoms with Crippen LogP contribution >= 0.6 is 0 Å². The number of carbonyl (C=O) groups is 2. The molecule has 6 nitrogen and oxygen atoms in total. The van der Waals surface area contributed by atoms with Gasteiger partial charge in [0.25, 0.3) is 0 Å². The third-order valence-electron chi connectivity index (χ3n) is 2.95. The molecule has 1 rings (SSSR count). The Bertz CT molecular complexity index is 485. The Labute approximate surface area is 123 Å². The number of esters is 1. The summed E-state index contributed by atoms with van der Waals surface area (Å²) in [4.78, 5) is 33.2. The number of nitrogens with zero attached hydrogens (tertiary/aromatic N) is 1. The van der Waals surface area contributed by atoms with E-state index in [0.29, 0.717) is 18.7 Å². The Balaban J connectivity index is 2.79. The van der Waals surface area contributed by atoms with Crippen molar-refractivity contribution < 1.29 is 14.3 Å². The van der Waals surface area contributed by atoms with E-state index in [4.69, 9.17) is 4.74 Å². The van der Waals surface area contributed by atoms with Crippen LogP contribution < -0.4 is 5.32 Å². The van der Waals surface area contributed by atoms with Crippen molar-refractivity contribution in [3.8, 4) is 0 Å². The monoisotopic (exact) mass is 292 g/mol. The molecule has 0 bridgehead atoms. The number of ether oxygens (including phenoxy) is 1. The number of amides is 1. The van der Waals surface area contributed by atoms with Crippen LogP contribution in [0, 0.1) is 4.91 Å². The molecular formula is C15H20N2O4. The molecule has 0 saturated carbocycles. The van der Waals surface area contributed by atoms with E-state index in [1.54, 1.807) is 31.2 Å². The first kappa shape index (κ1) is 16.8. The summed E-state index contributed by atoms with van der Waals surface area (Å²) in [7, 11) is 0. The SMILES string of the molecule is CCCC(C(=O)OCC)c1ccc(NC(=O)CN=O)cc1. The van der Waals surface area contributed by atoms with Gasteiger partial charge < -0.3 is 10.1 Å². The highest BCUT2D eigenvalue weighted by Crippen LogP contribution is 2.24. The standard InChI is InChI=1S/C15H20N2O4/c1-3-5-13(15(19)21-4-2)11-6-8-12(9-7-11)17-14(18)10-16-20/h6-9,13H,3-5,10H2,1-2H3,(H,17,18). The smallest absolute Gasteiger partial charge is 0.313 e. The second-order valence-electron chi connectivity index (χ2n) is 4.55. The lowest BCUT2D eigenvalue weighted by molar-refractivity contribution is -0.145. The van der Waals surface area contributed by atoms with Gasteiger partial charge in [0.1, 0.15) is 0 Å². The van der Waals surface area contributed by atoms with Crippen LogP contribution in [0.25, 0.3) is 0 Å². The van der Waals surface area contributed by atoms with Crippen molar-refractivity contribution >= 4 is 17.6 Å². The maximum atomic E-state index is 11.9. The van der Waals surface area contributed by atoms with Gasteiger partial charge in [-0.05, 0) is 31.0 Å². The summed E-state index contributed by atoms with van der Waals surface area (Å²) in [5.74, 6) is -0.995. The minimum Gasteiger partial charge on any atom is -0.466 e. The Kier molecular flexibility index (Phi) is 7.08. The zero-order valence-electron chi connectivity index (χ0n) is 12.3. The minimum absolute atomic E-state index is 0.235. The molecular weight excluding hydrogens is 272 g/mol. The normalized spacial score (nSPS) is 11.5. The highest BCUT2D eigenvalue weighted by atomic mass is 16.5. The highest BCUT2D eigenvalue weighted by molar-refractivity contribution is 5.92. The number of nitrogens with one attached hydrogen (secondary N) is 1. The molecule has 0 aliphatic carbocycles. The van der Waals surface area contributed by atoms with Gasteiger partial charge in [0.15, 0.2) is 6.54 Å². The molecule has 21 heavy (non-hydrogen) atoms. The molecule has 114 valence electrons. The van der Waals surface area contributed by atoms with Crippen molar-refractivity contribution in [1.82, 2.24) is 0 Å². The van der Waals surface area contributed by atoms with Gasteiger partial charge in [-0.1, -0.05) is 30.7 Å². The number of anilines is 1. The van der Waals surface area contributed by atoms with E-state index < -0.39 is 12.5 Å². The van der Waals surface area contributed by atoms with Gasteiger partial charge in [-0.2, -0.15) is 4.91 Å². The van der Waals surface area contributed by atoms with Crippen molar-refractivity contribution in [2.75, 3.05) is 18.5 Å². The maximum Gasteiger partial charge on any atom is 0.313 e. The maximum absolute atomic E-state index is 11.9. The average Bonchev–Trinajstić information content (AvgIpc) is 2.46. The van der Waals surface area contributed by atoms with Gasteiger partial charge in [0, 0.05) is 5.69 Å². The number of hydrogen-bond donors (Lipinski definition) is 1. The average molecular weight is 292 g/mol. The first-order valence-corrected chi connectivity index (χ1v) is 6.97. The fourth-order valence-corrected chi connectivity index (χ4v) is 2.01. The van der Waals surface area contributed by atoms with Gasteiger partial charge in [-0.15, -0.1) is 0 Å². The molecule has 1 atom stereocenters. The van der Waals surface area contributed by atoms with Crippen LogP contribution in [-0.4, -0.2) is 25.0 Å². The van der Waals surface area contributed by atoms with Crippen LogP contribution in [0.4, 0.5) is 5.69 Å². The molecule has 0 aliphatic heterocycles. The summed E-state index contributed by atoms with van der Waals surface area (Å²) < 4.78 is 5.08. The predicted octanol–water partition coefficient (Wildman–Crippen LogP) is 2.84. The third-order valence-corrected chi connectivity index (χ3v) is 2.95. The molecule has 0 heterocycles. The number of benzene rings is 1. The van der Waals surface area contributed by atoms with Crippen molar-refractivity contribution in [2.45, 2.75) is 32.6 Å². The summed E-state index contributed by atoms with van der Waals surface area (Å²) in [6.45, 7) is 3.72. The van der Waals surface area contributed by atoms with E-state index in [-0.39, 0.29) is 11.9 Å². The van der Waals surface area contributed by atoms with Gasteiger partial charge in [-0.3, -0.25) is 9.59 Å². The lowest BCUT2D eigenvalue weighted by Gasteiger charge is -2.15. The van der Waals surface area contributed by atoms with Crippen LogP contribution in [0.15, 0.2) is 29.4 Å². The topological polar surface area (TPSA) is 84.8 Å². The van der Waals surface area contributed by atoms with E-state index in [9.17, 15) is 14.5 Å². The fraction of sp³-hybridized carbons (Fsp3) is 0.467. The van der Waals surface area contributed by atoms with E-state index in [1.165, 1.54) is 0 Å². The molecule has 0 saturated heterocycles. The largest absolute Gasteiger partial charge is 0.466 e.